The van der Waals surface area contributed by atoms with Gasteiger partial charge in [-0.15, -0.1) is 0 Å². The number of aromatic nitrogens is 2. The van der Waals surface area contributed by atoms with Gasteiger partial charge in [-0.05, 0) is 13.8 Å². The molecule has 1 unspecified atom stereocenters. The molecule has 0 radical (unpaired) electrons. The van der Waals surface area contributed by atoms with Gasteiger partial charge in [0.15, 0.2) is 0 Å². The fraction of sp³-hybridized carbons (Fsp3) is 0.583. The maximum absolute atomic E-state index is 12.3. The number of hydrogen-bond acceptors (Lipinski definition) is 5. The van der Waals surface area contributed by atoms with E-state index in [4.69, 9.17) is 16.3 Å². The van der Waals surface area contributed by atoms with Crippen LogP contribution in [0.3, 0.4) is 0 Å². The summed E-state index contributed by atoms with van der Waals surface area (Å²) in [5, 5.41) is 3.74. The van der Waals surface area contributed by atoms with Crippen LogP contribution in [0.1, 0.15) is 19.5 Å². The number of hydrogen-bond donors (Lipinski definition) is 0. The second-order valence-electron chi connectivity index (χ2n) is 4.19. The Morgan fingerprint density at radius 2 is 2.05 bits per heavy atom. The smallest absolute Gasteiger partial charge is 0.388 e. The van der Waals surface area contributed by atoms with Crippen molar-refractivity contribution in [1.29, 1.82) is 0 Å². The molecule has 0 aliphatic heterocycles. The molecule has 21 heavy (non-hydrogen) atoms. The number of ether oxygens (including phenoxy) is 2. The molecule has 1 aromatic heterocycles. The Kier molecular flexibility index (Phi) is 6.07. The summed E-state index contributed by atoms with van der Waals surface area (Å²) in [6.45, 7) is -0.0931. The lowest BCUT2D eigenvalue weighted by Crippen LogP contribution is -2.26. The molecule has 9 heteroatoms. The summed E-state index contributed by atoms with van der Waals surface area (Å²) in [7, 11) is 1.36. The van der Waals surface area contributed by atoms with E-state index in [0.29, 0.717) is 0 Å². The molecule has 0 amide bonds. The minimum Gasteiger partial charge on any atom is -0.465 e. The number of ketones is 1. The average molecular weight is 325 g/mol. The first-order valence-electron chi connectivity index (χ1n) is 6.11. The first kappa shape index (κ1) is 17.4. The molecule has 0 aliphatic carbocycles. The van der Waals surface area contributed by atoms with Crippen molar-refractivity contribution in [3.8, 4) is 5.88 Å². The highest BCUT2D eigenvalue weighted by atomic mass is 35.5. The number of alkyl halides is 2. The molecule has 1 rings (SSSR count). The Labute approximate surface area is 125 Å². The lowest BCUT2D eigenvalue weighted by Gasteiger charge is -2.11. The van der Waals surface area contributed by atoms with E-state index in [2.05, 4.69) is 9.84 Å². The first-order valence-corrected chi connectivity index (χ1v) is 6.48. The number of nitrogens with zero attached hydrogens (tertiary/aromatic N) is 2. The summed E-state index contributed by atoms with van der Waals surface area (Å²) in [5.74, 6) is -2.54. The summed E-state index contributed by atoms with van der Waals surface area (Å²) in [5.41, 5.74) is 0.114. The normalized spacial score (nSPS) is 12.3. The van der Waals surface area contributed by atoms with Gasteiger partial charge in [0.05, 0.1) is 12.3 Å². The Morgan fingerprint density at radius 3 is 2.52 bits per heavy atom. The van der Waals surface area contributed by atoms with Gasteiger partial charge in [0.2, 0.25) is 5.88 Å². The third-order valence-corrected chi connectivity index (χ3v) is 3.05. The van der Waals surface area contributed by atoms with E-state index in [1.165, 1.54) is 14.0 Å². The summed E-state index contributed by atoms with van der Waals surface area (Å²) in [6, 6.07) is 0. The maximum Gasteiger partial charge on any atom is 0.388 e. The van der Waals surface area contributed by atoms with E-state index in [1.54, 1.807) is 6.92 Å². The molecule has 1 atom stereocenters. The summed E-state index contributed by atoms with van der Waals surface area (Å²) in [4.78, 5) is 23.2. The van der Waals surface area contributed by atoms with Gasteiger partial charge < -0.3 is 9.47 Å². The number of esters is 1. The van der Waals surface area contributed by atoms with Gasteiger partial charge in [0.25, 0.3) is 0 Å². The Morgan fingerprint density at radius 1 is 1.43 bits per heavy atom. The van der Waals surface area contributed by atoms with Gasteiger partial charge in [-0.3, -0.25) is 9.59 Å². The van der Waals surface area contributed by atoms with Crippen molar-refractivity contribution >= 4 is 23.4 Å². The minimum atomic E-state index is -3.06. The van der Waals surface area contributed by atoms with Crippen molar-refractivity contribution in [3.05, 3.63) is 10.7 Å². The molecule has 1 aromatic rings. The average Bonchev–Trinajstić information content (AvgIpc) is 2.63. The van der Waals surface area contributed by atoms with Crippen molar-refractivity contribution < 1.29 is 27.8 Å². The fourth-order valence-corrected chi connectivity index (χ4v) is 1.99. The molecule has 118 valence electrons. The van der Waals surface area contributed by atoms with Gasteiger partial charge in [0.1, 0.15) is 16.7 Å². The number of rotatable bonds is 7. The predicted octanol–water partition coefficient (Wildman–Crippen LogP) is 1.99. The quantitative estimate of drug-likeness (QED) is 0.566. The number of carbonyl (C=O) groups is 2. The number of carbonyl (C=O) groups excluding carboxylic acids is 2. The number of halogens is 3. The Balaban J connectivity index is 3.00. The molecule has 0 saturated carbocycles. The van der Waals surface area contributed by atoms with E-state index >= 15 is 0 Å². The largest absolute Gasteiger partial charge is 0.465 e. The second kappa shape index (κ2) is 7.35. The monoisotopic (exact) mass is 324 g/mol. The topological polar surface area (TPSA) is 70.4 Å². The highest BCUT2D eigenvalue weighted by molar-refractivity contribution is 6.32. The summed E-state index contributed by atoms with van der Waals surface area (Å²) >= 11 is 5.90. The van der Waals surface area contributed by atoms with E-state index in [1.807, 2.05) is 0 Å². The van der Waals surface area contributed by atoms with E-state index in [9.17, 15) is 18.4 Å². The summed E-state index contributed by atoms with van der Waals surface area (Å²) < 4.78 is 34.6. The van der Waals surface area contributed by atoms with Crippen LogP contribution in [-0.4, -0.2) is 34.8 Å². The third-order valence-electron chi connectivity index (χ3n) is 2.67. The van der Waals surface area contributed by atoms with E-state index in [0.717, 1.165) is 4.68 Å². The summed E-state index contributed by atoms with van der Waals surface area (Å²) in [6.07, 6.45) is -0.145. The zero-order chi connectivity index (χ0) is 16.2. The van der Waals surface area contributed by atoms with Crippen molar-refractivity contribution in [3.63, 3.8) is 0 Å². The minimum absolute atomic E-state index is 0.114. The van der Waals surface area contributed by atoms with Gasteiger partial charge in [0, 0.05) is 13.5 Å². The molecule has 0 fully saturated rings. The van der Waals surface area contributed by atoms with E-state index < -0.39 is 24.3 Å². The number of aryl methyl sites for hydroxylation is 1. The molecular weight excluding hydrogens is 310 g/mol. The molecule has 0 spiro atoms. The van der Waals surface area contributed by atoms with Gasteiger partial charge in [-0.1, -0.05) is 11.6 Å². The molecule has 6 nitrogen and oxygen atoms in total. The van der Waals surface area contributed by atoms with Crippen molar-refractivity contribution in [2.75, 3.05) is 6.61 Å². The highest BCUT2D eigenvalue weighted by Crippen LogP contribution is 2.30. The molecule has 0 N–H and O–H groups in total. The van der Waals surface area contributed by atoms with Crippen molar-refractivity contribution in [1.82, 2.24) is 9.78 Å². The SMILES string of the molecule is CCOC(=O)C(Cc1nn(C)c(OC(F)F)c1Cl)C(C)=O. The standard InChI is InChI=1S/C12H15ClF2N2O4/c1-4-20-11(19)7(6(2)18)5-8-9(13)10(17(3)16-8)21-12(14)15/h7,12H,4-5H2,1-3H3. The second-order valence-corrected chi connectivity index (χ2v) is 4.57. The first-order chi connectivity index (χ1) is 9.77. The van der Waals surface area contributed by atoms with Crippen LogP contribution in [0.2, 0.25) is 5.02 Å². The molecule has 0 bridgehead atoms. The van der Waals surface area contributed by atoms with Crippen LogP contribution in [0.15, 0.2) is 0 Å². The van der Waals surface area contributed by atoms with Gasteiger partial charge >= 0.3 is 12.6 Å². The predicted molar refractivity (Wildman–Crippen MR) is 69.4 cm³/mol. The van der Waals surface area contributed by atoms with Crippen LogP contribution in [0.25, 0.3) is 0 Å². The van der Waals surface area contributed by atoms with Crippen LogP contribution < -0.4 is 4.74 Å². The van der Waals surface area contributed by atoms with Gasteiger partial charge in [-0.2, -0.15) is 13.9 Å². The fourth-order valence-electron chi connectivity index (χ4n) is 1.71. The van der Waals surface area contributed by atoms with Crippen LogP contribution in [0, 0.1) is 5.92 Å². The van der Waals surface area contributed by atoms with Crippen LogP contribution in [0.5, 0.6) is 5.88 Å². The maximum atomic E-state index is 12.3. The molecule has 0 saturated heterocycles. The van der Waals surface area contributed by atoms with E-state index in [-0.39, 0.29) is 29.6 Å². The third kappa shape index (κ3) is 4.38. The Hall–Kier alpha value is -1.70. The van der Waals surface area contributed by atoms with Crippen molar-refractivity contribution in [2.45, 2.75) is 26.9 Å². The highest BCUT2D eigenvalue weighted by Gasteiger charge is 2.29. The lowest BCUT2D eigenvalue weighted by molar-refractivity contribution is -0.151. The zero-order valence-corrected chi connectivity index (χ0v) is 12.5. The molecule has 0 aromatic carbocycles. The number of Topliss-reactive ketones (excluding diaryl/α,β-unsaturated/α-hetero) is 1. The Bertz CT molecular complexity index is 534. The van der Waals surface area contributed by atoms with Crippen LogP contribution in [-0.2, 0) is 27.8 Å². The lowest BCUT2D eigenvalue weighted by atomic mass is 9.99. The molecular formula is C12H15ClF2N2O4. The van der Waals surface area contributed by atoms with Crippen LogP contribution in [0.4, 0.5) is 8.78 Å². The molecule has 1 heterocycles. The van der Waals surface area contributed by atoms with Crippen LogP contribution >= 0.6 is 11.6 Å². The molecule has 0 aliphatic rings. The zero-order valence-electron chi connectivity index (χ0n) is 11.7. The van der Waals surface area contributed by atoms with Gasteiger partial charge in [-0.25, -0.2) is 4.68 Å². The van der Waals surface area contributed by atoms with Crippen molar-refractivity contribution in [2.24, 2.45) is 13.0 Å².